The quantitative estimate of drug-likeness (QED) is 0.226. The highest BCUT2D eigenvalue weighted by Crippen LogP contribution is 2.29. The highest BCUT2D eigenvalue weighted by Gasteiger charge is 2.11. The van der Waals surface area contributed by atoms with Gasteiger partial charge < -0.3 is 14.2 Å². The molecule has 8 nitrogen and oxygen atoms in total. The number of hydrogen-bond donors (Lipinski definition) is 3. The van der Waals surface area contributed by atoms with Gasteiger partial charge in [-0.25, -0.2) is 0 Å². The lowest BCUT2D eigenvalue weighted by atomic mass is 10.1. The van der Waals surface area contributed by atoms with Gasteiger partial charge in [0.25, 0.3) is 11.8 Å². The van der Waals surface area contributed by atoms with Crippen molar-refractivity contribution < 1.29 is 23.8 Å². The van der Waals surface area contributed by atoms with Crippen LogP contribution in [0.3, 0.4) is 0 Å². The first-order valence-corrected chi connectivity index (χ1v) is 11.5. The van der Waals surface area contributed by atoms with Gasteiger partial charge in [0.2, 0.25) is 0 Å². The Hall–Kier alpha value is -3.95. The Morgan fingerprint density at radius 2 is 1.54 bits per heavy atom. The summed E-state index contributed by atoms with van der Waals surface area (Å²) in [5.41, 5.74) is 7.15. The number of para-hydroxylation sites is 1. The van der Waals surface area contributed by atoms with E-state index < -0.39 is 11.8 Å². The van der Waals surface area contributed by atoms with E-state index in [1.165, 1.54) is 0 Å². The molecule has 3 aromatic carbocycles. The number of rotatable bonds is 10. The van der Waals surface area contributed by atoms with E-state index in [9.17, 15) is 9.59 Å². The number of amides is 2. The van der Waals surface area contributed by atoms with Crippen LogP contribution in [0.2, 0.25) is 0 Å². The third kappa shape index (κ3) is 8.40. The summed E-state index contributed by atoms with van der Waals surface area (Å²) in [5, 5.41) is 2.45. The summed E-state index contributed by atoms with van der Waals surface area (Å²) in [6.07, 6.45) is 0. The number of carbonyl (C=O) groups is 2. The van der Waals surface area contributed by atoms with E-state index >= 15 is 0 Å². The van der Waals surface area contributed by atoms with Crippen LogP contribution >= 0.6 is 12.2 Å². The number of carbonyl (C=O) groups excluding carboxylic acids is 2. The zero-order valence-electron chi connectivity index (χ0n) is 19.3. The molecule has 0 saturated heterocycles. The van der Waals surface area contributed by atoms with Crippen LogP contribution in [-0.4, -0.2) is 43.4 Å². The first-order chi connectivity index (χ1) is 17.1. The largest absolute Gasteiger partial charge is 0.491 e. The highest BCUT2D eigenvalue weighted by molar-refractivity contribution is 7.80. The normalized spacial score (nSPS) is 10.2. The van der Waals surface area contributed by atoms with E-state index in [-0.39, 0.29) is 11.7 Å². The van der Waals surface area contributed by atoms with Gasteiger partial charge in [-0.1, -0.05) is 48.5 Å². The Morgan fingerprint density at radius 1 is 0.829 bits per heavy atom. The molecule has 0 spiro atoms. The predicted octanol–water partition coefficient (Wildman–Crippen LogP) is 3.48. The molecular formula is C26H27N3O5S. The van der Waals surface area contributed by atoms with E-state index in [1.54, 1.807) is 30.3 Å². The highest BCUT2D eigenvalue weighted by atomic mass is 32.1. The van der Waals surface area contributed by atoms with Gasteiger partial charge in [-0.3, -0.25) is 25.8 Å². The lowest BCUT2D eigenvalue weighted by Gasteiger charge is -2.13. The van der Waals surface area contributed by atoms with Crippen molar-refractivity contribution in [1.82, 2.24) is 16.2 Å². The van der Waals surface area contributed by atoms with Crippen LogP contribution < -0.4 is 25.6 Å². The fourth-order valence-corrected chi connectivity index (χ4v) is 3.17. The molecule has 0 aliphatic heterocycles. The van der Waals surface area contributed by atoms with E-state index in [0.29, 0.717) is 36.9 Å². The summed E-state index contributed by atoms with van der Waals surface area (Å²) in [5.74, 6) is 0.321. The molecule has 0 fully saturated rings. The third-order valence-electron chi connectivity index (χ3n) is 4.69. The summed E-state index contributed by atoms with van der Waals surface area (Å²) in [7, 11) is 0. The molecular weight excluding hydrogens is 466 g/mol. The van der Waals surface area contributed by atoms with Crippen LogP contribution in [-0.2, 0) is 9.53 Å². The van der Waals surface area contributed by atoms with Gasteiger partial charge in [0.1, 0.15) is 18.1 Å². The van der Waals surface area contributed by atoms with Crippen molar-refractivity contribution >= 4 is 29.1 Å². The van der Waals surface area contributed by atoms with Gasteiger partial charge in [0.15, 0.2) is 11.7 Å². The smallest absolute Gasteiger partial charge is 0.276 e. The number of hydrogen-bond acceptors (Lipinski definition) is 6. The molecule has 3 N–H and O–H groups in total. The van der Waals surface area contributed by atoms with Crippen molar-refractivity contribution in [2.24, 2.45) is 0 Å². The summed E-state index contributed by atoms with van der Waals surface area (Å²) in [4.78, 5) is 24.6. The van der Waals surface area contributed by atoms with Crippen molar-refractivity contribution in [3.63, 3.8) is 0 Å². The molecule has 0 aromatic heterocycles. The Morgan fingerprint density at radius 3 is 2.29 bits per heavy atom. The molecule has 0 atom stereocenters. The molecule has 3 rings (SSSR count). The van der Waals surface area contributed by atoms with E-state index in [4.69, 9.17) is 26.4 Å². The topological polar surface area (TPSA) is 97.9 Å². The number of benzene rings is 3. The molecule has 35 heavy (non-hydrogen) atoms. The van der Waals surface area contributed by atoms with Crippen LogP contribution in [0.1, 0.15) is 17.3 Å². The lowest BCUT2D eigenvalue weighted by molar-refractivity contribution is -0.123. The SMILES string of the molecule is CCOCCOc1ccc(C(=O)NC(=S)NNC(=O)COc2ccccc2-c2ccccc2)cc1. The van der Waals surface area contributed by atoms with Crippen molar-refractivity contribution in [1.29, 1.82) is 0 Å². The fourth-order valence-electron chi connectivity index (χ4n) is 3.03. The van der Waals surface area contributed by atoms with Crippen LogP contribution in [0.5, 0.6) is 11.5 Å². The fraction of sp³-hybridized carbons (Fsp3) is 0.192. The molecule has 0 aliphatic rings. The van der Waals surface area contributed by atoms with E-state index in [1.807, 2.05) is 55.5 Å². The predicted molar refractivity (Wildman–Crippen MR) is 137 cm³/mol. The van der Waals surface area contributed by atoms with Gasteiger partial charge in [0, 0.05) is 17.7 Å². The van der Waals surface area contributed by atoms with E-state index in [2.05, 4.69) is 16.2 Å². The molecule has 9 heteroatoms. The molecule has 0 saturated carbocycles. The standard InChI is InChI=1S/C26H27N3O5S/c1-2-32-16-17-33-21-14-12-20(13-15-21)25(31)27-26(35)29-28-24(30)18-34-23-11-7-6-10-22(23)19-8-4-3-5-9-19/h3-15H,2,16-18H2,1H3,(H,28,30)(H2,27,29,31,35). The van der Waals surface area contributed by atoms with Gasteiger partial charge in [-0.05, 0) is 55.0 Å². The summed E-state index contributed by atoms with van der Waals surface area (Å²) in [6.45, 7) is 3.23. The van der Waals surface area contributed by atoms with Gasteiger partial charge >= 0.3 is 0 Å². The molecule has 0 unspecified atom stereocenters. The van der Waals surface area contributed by atoms with Crippen LogP contribution in [0.15, 0.2) is 78.9 Å². The van der Waals surface area contributed by atoms with Crippen molar-refractivity contribution in [2.75, 3.05) is 26.4 Å². The average molecular weight is 494 g/mol. The first kappa shape index (κ1) is 25.7. The molecule has 2 amide bonds. The minimum atomic E-state index is -0.460. The van der Waals surface area contributed by atoms with Crippen molar-refractivity contribution in [3.8, 4) is 22.6 Å². The molecule has 0 bridgehead atoms. The summed E-state index contributed by atoms with van der Waals surface area (Å²) in [6, 6.07) is 23.8. The van der Waals surface area contributed by atoms with Gasteiger partial charge in [0.05, 0.1) is 6.61 Å². The molecule has 3 aromatic rings. The van der Waals surface area contributed by atoms with Crippen molar-refractivity contribution in [3.05, 3.63) is 84.4 Å². The number of nitrogens with one attached hydrogen (secondary N) is 3. The van der Waals surface area contributed by atoms with Crippen LogP contribution in [0, 0.1) is 0 Å². The Balaban J connectivity index is 1.41. The zero-order chi connectivity index (χ0) is 24.9. The maximum atomic E-state index is 12.4. The minimum Gasteiger partial charge on any atom is -0.491 e. The van der Waals surface area contributed by atoms with Gasteiger partial charge in [-0.15, -0.1) is 0 Å². The lowest BCUT2D eigenvalue weighted by Crippen LogP contribution is -2.49. The summed E-state index contributed by atoms with van der Waals surface area (Å²) >= 11 is 5.08. The molecule has 0 aliphatic carbocycles. The second kappa shape index (κ2) is 13.7. The van der Waals surface area contributed by atoms with Crippen LogP contribution in [0.25, 0.3) is 11.1 Å². The second-order valence-corrected chi connectivity index (χ2v) is 7.59. The second-order valence-electron chi connectivity index (χ2n) is 7.18. The maximum absolute atomic E-state index is 12.4. The zero-order valence-corrected chi connectivity index (χ0v) is 20.1. The van der Waals surface area contributed by atoms with Gasteiger partial charge in [-0.2, -0.15) is 0 Å². The minimum absolute atomic E-state index is 0.0509. The monoisotopic (exact) mass is 493 g/mol. The number of ether oxygens (including phenoxy) is 3. The number of thiocarbonyl (C=S) groups is 1. The molecule has 0 radical (unpaired) electrons. The van der Waals surface area contributed by atoms with Crippen molar-refractivity contribution in [2.45, 2.75) is 6.92 Å². The average Bonchev–Trinajstić information content (AvgIpc) is 2.89. The number of hydrazine groups is 1. The van der Waals surface area contributed by atoms with E-state index in [0.717, 1.165) is 11.1 Å². The maximum Gasteiger partial charge on any atom is 0.276 e. The third-order valence-corrected chi connectivity index (χ3v) is 4.89. The molecule has 0 heterocycles. The Labute approximate surface area is 209 Å². The summed E-state index contributed by atoms with van der Waals surface area (Å²) < 4.78 is 16.4. The first-order valence-electron chi connectivity index (χ1n) is 11.0. The molecule has 182 valence electrons. The Kier molecular flexibility index (Phi) is 10.0. The van der Waals surface area contributed by atoms with Crippen LogP contribution in [0.4, 0.5) is 0 Å². The Bertz CT molecular complexity index is 1120.